The van der Waals surface area contributed by atoms with E-state index in [1.165, 1.54) is 16.4 Å². The molecule has 184 valence electrons. The largest absolute Gasteiger partial charge is 0.466 e. The molecule has 1 aromatic rings. The minimum Gasteiger partial charge on any atom is -0.466 e. The van der Waals surface area contributed by atoms with Crippen LogP contribution in [0.25, 0.3) is 0 Å². The molecule has 0 spiro atoms. The molecular weight excluding hydrogens is 455 g/mol. The number of allylic oxidation sites excluding steroid dienone is 1. The molecule has 2 rings (SSSR count). The zero-order valence-corrected chi connectivity index (χ0v) is 20.4. The highest BCUT2D eigenvalue weighted by Crippen LogP contribution is 2.44. The lowest BCUT2D eigenvalue weighted by Gasteiger charge is -2.41. The van der Waals surface area contributed by atoms with Crippen LogP contribution in [0.2, 0.25) is 0 Å². The summed E-state index contributed by atoms with van der Waals surface area (Å²) in [6.07, 6.45) is -0.732. The predicted octanol–water partition coefficient (Wildman–Crippen LogP) is 7.02. The van der Waals surface area contributed by atoms with Crippen LogP contribution in [-0.2, 0) is 20.4 Å². The summed E-state index contributed by atoms with van der Waals surface area (Å²) in [5.41, 5.74) is -2.16. The van der Waals surface area contributed by atoms with Crippen molar-refractivity contribution in [3.63, 3.8) is 0 Å². The molecule has 0 bridgehead atoms. The van der Waals surface area contributed by atoms with Gasteiger partial charge in [0.05, 0.1) is 17.6 Å². The number of carbonyl (C=O) groups is 2. The lowest BCUT2D eigenvalue weighted by Crippen LogP contribution is -2.45. The third-order valence-corrected chi connectivity index (χ3v) is 6.57. The summed E-state index contributed by atoms with van der Waals surface area (Å²) in [4.78, 5) is 26.1. The molecule has 1 aliphatic rings. The number of amides is 1. The topological polar surface area (TPSA) is 55.8 Å². The van der Waals surface area contributed by atoms with E-state index >= 15 is 0 Å². The Morgan fingerprint density at radius 1 is 1.18 bits per heavy atom. The summed E-state index contributed by atoms with van der Waals surface area (Å²) < 4.78 is 51.1. The van der Waals surface area contributed by atoms with E-state index in [1.54, 1.807) is 33.8 Å². The maximum Gasteiger partial charge on any atom is 0.420 e. The molecule has 1 aromatic carbocycles. The Kier molecular flexibility index (Phi) is 8.90. The molecule has 0 atom stereocenters. The van der Waals surface area contributed by atoms with Crippen LogP contribution in [0.4, 0.5) is 18.0 Å². The fourth-order valence-electron chi connectivity index (χ4n) is 3.83. The molecular formula is C24H32F3NO4S. The van der Waals surface area contributed by atoms with Gasteiger partial charge in [0.15, 0.2) is 0 Å². The third kappa shape index (κ3) is 7.42. The van der Waals surface area contributed by atoms with Crippen LogP contribution in [0.5, 0.6) is 0 Å². The number of hydrogen-bond donors (Lipinski definition) is 0. The fourth-order valence-corrected chi connectivity index (χ4v) is 4.78. The Bertz CT molecular complexity index is 826. The lowest BCUT2D eigenvalue weighted by atomic mass is 9.70. The van der Waals surface area contributed by atoms with Crippen molar-refractivity contribution in [2.24, 2.45) is 5.41 Å². The van der Waals surface area contributed by atoms with Crippen molar-refractivity contribution in [1.29, 1.82) is 0 Å². The average molecular weight is 488 g/mol. The molecule has 0 aromatic heterocycles. The summed E-state index contributed by atoms with van der Waals surface area (Å²) in [5, 5.41) is 0. The third-order valence-electron chi connectivity index (χ3n) is 5.45. The SMILES string of the molecule is C=CCC1(C(=O)OCC)CCC(N(Sc2ccc(C(F)(F)F)cc2)C(=O)OC(C)(C)C)CC1. The first kappa shape index (κ1) is 27.1. The molecule has 1 amide bonds. The monoisotopic (exact) mass is 487 g/mol. The lowest BCUT2D eigenvalue weighted by molar-refractivity contribution is -0.158. The molecule has 1 fully saturated rings. The molecule has 0 N–H and O–H groups in total. The number of carbonyl (C=O) groups excluding carboxylic acids is 2. The van der Waals surface area contributed by atoms with Crippen molar-refractivity contribution in [3.8, 4) is 0 Å². The number of rotatable bonds is 7. The summed E-state index contributed by atoms with van der Waals surface area (Å²) in [7, 11) is 0. The minimum absolute atomic E-state index is 0.250. The highest BCUT2D eigenvalue weighted by molar-refractivity contribution is 7.97. The summed E-state index contributed by atoms with van der Waals surface area (Å²) in [6.45, 7) is 11.1. The van der Waals surface area contributed by atoms with E-state index < -0.39 is 28.8 Å². The summed E-state index contributed by atoms with van der Waals surface area (Å²) in [5.74, 6) is -0.262. The van der Waals surface area contributed by atoms with Crippen molar-refractivity contribution >= 4 is 24.0 Å². The van der Waals surface area contributed by atoms with Gasteiger partial charge in [0.25, 0.3) is 0 Å². The van der Waals surface area contributed by atoms with Gasteiger partial charge >= 0.3 is 18.2 Å². The van der Waals surface area contributed by atoms with Gasteiger partial charge in [0, 0.05) is 10.9 Å². The molecule has 0 unspecified atom stereocenters. The fraction of sp³-hybridized carbons (Fsp3) is 0.583. The first-order valence-corrected chi connectivity index (χ1v) is 11.7. The number of nitrogens with zero attached hydrogens (tertiary/aromatic N) is 1. The van der Waals surface area contributed by atoms with Gasteiger partial charge < -0.3 is 9.47 Å². The zero-order valence-electron chi connectivity index (χ0n) is 19.5. The van der Waals surface area contributed by atoms with E-state index in [0.717, 1.165) is 24.1 Å². The van der Waals surface area contributed by atoms with E-state index in [9.17, 15) is 22.8 Å². The highest BCUT2D eigenvalue weighted by Gasteiger charge is 2.44. The standard InChI is InChI=1S/C24H32F3NO4S/c1-6-14-23(20(29)31-7-2)15-12-18(13-16-23)28(21(30)32-22(3,4)5)33-19-10-8-17(9-11-19)24(25,26)27/h6,8-11,18H,1,7,12-16H2,2-5H3. The summed E-state index contributed by atoms with van der Waals surface area (Å²) in [6, 6.07) is 4.42. The Morgan fingerprint density at radius 2 is 1.76 bits per heavy atom. The number of esters is 1. The second-order valence-electron chi connectivity index (χ2n) is 9.14. The van der Waals surface area contributed by atoms with Gasteiger partial charge in [-0.15, -0.1) is 6.58 Å². The van der Waals surface area contributed by atoms with E-state index in [-0.39, 0.29) is 18.6 Å². The highest BCUT2D eigenvalue weighted by atomic mass is 32.2. The zero-order chi connectivity index (χ0) is 24.9. The molecule has 33 heavy (non-hydrogen) atoms. The van der Waals surface area contributed by atoms with Gasteiger partial charge in [-0.2, -0.15) is 13.2 Å². The first-order chi connectivity index (χ1) is 15.3. The summed E-state index contributed by atoms with van der Waals surface area (Å²) >= 11 is 1.05. The molecule has 1 saturated carbocycles. The van der Waals surface area contributed by atoms with Crippen LogP contribution in [0.15, 0.2) is 41.8 Å². The molecule has 5 nitrogen and oxygen atoms in total. The smallest absolute Gasteiger partial charge is 0.420 e. The van der Waals surface area contributed by atoms with E-state index in [4.69, 9.17) is 9.47 Å². The van der Waals surface area contributed by atoms with E-state index in [2.05, 4.69) is 6.58 Å². The molecule has 0 saturated heterocycles. The predicted molar refractivity (Wildman–Crippen MR) is 122 cm³/mol. The van der Waals surface area contributed by atoms with Crippen molar-refractivity contribution in [3.05, 3.63) is 42.5 Å². The van der Waals surface area contributed by atoms with Crippen LogP contribution in [0.1, 0.15) is 65.4 Å². The van der Waals surface area contributed by atoms with Gasteiger partial charge in [-0.05, 0) is 96.0 Å². The van der Waals surface area contributed by atoms with Gasteiger partial charge in [-0.3, -0.25) is 4.79 Å². The Balaban J connectivity index is 2.23. The maximum absolute atomic E-state index is 13.0. The van der Waals surface area contributed by atoms with Crippen molar-refractivity contribution in [1.82, 2.24) is 4.31 Å². The number of benzene rings is 1. The maximum atomic E-state index is 13.0. The number of ether oxygens (including phenoxy) is 2. The van der Waals surface area contributed by atoms with Gasteiger partial charge in [0.2, 0.25) is 0 Å². The normalized spacial score (nSPS) is 21.2. The van der Waals surface area contributed by atoms with Gasteiger partial charge in [-0.25, -0.2) is 9.10 Å². The second-order valence-corrected chi connectivity index (χ2v) is 10.2. The molecule has 0 heterocycles. The number of halogens is 3. The van der Waals surface area contributed by atoms with Crippen LogP contribution in [-0.4, -0.2) is 34.6 Å². The molecule has 0 radical (unpaired) electrons. The number of alkyl halides is 3. The van der Waals surface area contributed by atoms with Gasteiger partial charge in [0.1, 0.15) is 5.60 Å². The van der Waals surface area contributed by atoms with Crippen molar-refractivity contribution in [2.45, 2.75) is 82.5 Å². The molecule has 9 heteroatoms. The van der Waals surface area contributed by atoms with Crippen LogP contribution in [0, 0.1) is 5.41 Å². The average Bonchev–Trinajstić information content (AvgIpc) is 2.71. The second kappa shape index (κ2) is 10.8. The van der Waals surface area contributed by atoms with Gasteiger partial charge in [-0.1, -0.05) is 6.08 Å². The van der Waals surface area contributed by atoms with Crippen LogP contribution < -0.4 is 0 Å². The van der Waals surface area contributed by atoms with Crippen molar-refractivity contribution < 1.29 is 32.2 Å². The van der Waals surface area contributed by atoms with E-state index in [1.807, 2.05) is 0 Å². The Morgan fingerprint density at radius 3 is 2.21 bits per heavy atom. The number of hydrogen-bond acceptors (Lipinski definition) is 5. The Hall–Kier alpha value is -2.16. The molecule has 0 aliphatic heterocycles. The first-order valence-electron chi connectivity index (χ1n) is 11.0. The minimum atomic E-state index is -4.43. The van der Waals surface area contributed by atoms with Crippen LogP contribution >= 0.6 is 11.9 Å². The Labute approximate surface area is 197 Å². The van der Waals surface area contributed by atoms with Crippen LogP contribution in [0.3, 0.4) is 0 Å². The molecule has 1 aliphatic carbocycles. The van der Waals surface area contributed by atoms with Crippen molar-refractivity contribution in [2.75, 3.05) is 6.61 Å². The quantitative estimate of drug-likeness (QED) is 0.235. The van der Waals surface area contributed by atoms with E-state index in [0.29, 0.717) is 37.0 Å².